The van der Waals surface area contributed by atoms with E-state index in [1.54, 1.807) is 18.2 Å². The van der Waals surface area contributed by atoms with Gasteiger partial charge >= 0.3 is 0 Å². The third-order valence-electron chi connectivity index (χ3n) is 4.32. The molecule has 2 aromatic rings. The number of hydrogen-bond acceptors (Lipinski definition) is 4. The summed E-state index contributed by atoms with van der Waals surface area (Å²) in [4.78, 5) is 16.9. The van der Waals surface area contributed by atoms with Gasteiger partial charge in [0, 0.05) is 50.4 Å². The zero-order valence-corrected chi connectivity index (χ0v) is 13.2. The van der Waals surface area contributed by atoms with Crippen LogP contribution in [-0.2, 0) is 0 Å². The van der Waals surface area contributed by atoms with Crippen LogP contribution in [0, 0.1) is 0 Å². The first-order valence-corrected chi connectivity index (χ1v) is 8.07. The Morgan fingerprint density at radius 2 is 1.70 bits per heavy atom. The second-order valence-corrected chi connectivity index (χ2v) is 5.89. The van der Waals surface area contributed by atoms with Gasteiger partial charge in [0.05, 0.1) is 0 Å². The summed E-state index contributed by atoms with van der Waals surface area (Å²) in [7, 11) is 0. The molecule has 1 aliphatic heterocycles. The van der Waals surface area contributed by atoms with E-state index in [4.69, 9.17) is 0 Å². The highest BCUT2D eigenvalue weighted by Gasteiger charge is 2.18. The van der Waals surface area contributed by atoms with Crippen molar-refractivity contribution in [2.24, 2.45) is 0 Å². The molecule has 0 aromatic heterocycles. The first-order chi connectivity index (χ1) is 11.2. The summed E-state index contributed by atoms with van der Waals surface area (Å²) in [5, 5.41) is 9.45. The monoisotopic (exact) mass is 310 g/mol. The van der Waals surface area contributed by atoms with Crippen molar-refractivity contribution in [3.63, 3.8) is 0 Å². The Kier molecular flexibility index (Phi) is 4.93. The first-order valence-electron chi connectivity index (χ1n) is 8.07. The second-order valence-electron chi connectivity index (χ2n) is 5.89. The summed E-state index contributed by atoms with van der Waals surface area (Å²) in [6.45, 7) is 4.70. The standard InChI is InChI=1S/C19H22N2O2/c22-18-8-4-5-16(15-18)19(23)9-10-20-11-13-21(14-12-20)17-6-2-1-3-7-17/h1-8,15,22H,9-14H2. The topological polar surface area (TPSA) is 43.8 Å². The van der Waals surface area contributed by atoms with Gasteiger partial charge < -0.3 is 10.0 Å². The van der Waals surface area contributed by atoms with Gasteiger partial charge in [0.25, 0.3) is 0 Å². The fourth-order valence-corrected chi connectivity index (χ4v) is 2.95. The number of piperazine rings is 1. The molecule has 0 atom stereocenters. The van der Waals surface area contributed by atoms with Crippen molar-refractivity contribution < 1.29 is 9.90 Å². The minimum absolute atomic E-state index is 0.0892. The molecule has 1 aliphatic rings. The van der Waals surface area contributed by atoms with Gasteiger partial charge in [0.2, 0.25) is 0 Å². The molecule has 0 radical (unpaired) electrons. The number of hydrogen-bond donors (Lipinski definition) is 1. The number of carbonyl (C=O) groups excluding carboxylic acids is 1. The van der Waals surface area contributed by atoms with Crippen molar-refractivity contribution in [2.45, 2.75) is 6.42 Å². The van der Waals surface area contributed by atoms with Crippen LogP contribution in [0.15, 0.2) is 54.6 Å². The molecule has 1 N–H and O–H groups in total. The number of aromatic hydroxyl groups is 1. The smallest absolute Gasteiger partial charge is 0.164 e. The molecular formula is C19H22N2O2. The summed E-state index contributed by atoms with van der Waals surface area (Å²) in [6, 6.07) is 17.0. The molecule has 0 aliphatic carbocycles. The predicted molar refractivity (Wildman–Crippen MR) is 92.1 cm³/mol. The number of anilines is 1. The number of carbonyl (C=O) groups is 1. The van der Waals surface area contributed by atoms with Crippen LogP contribution in [0.3, 0.4) is 0 Å². The normalized spacial score (nSPS) is 15.6. The summed E-state index contributed by atoms with van der Waals surface area (Å²) in [5.41, 5.74) is 1.86. The predicted octanol–water partition coefficient (Wildman–Crippen LogP) is 2.79. The van der Waals surface area contributed by atoms with E-state index in [2.05, 4.69) is 34.1 Å². The molecule has 23 heavy (non-hydrogen) atoms. The van der Waals surface area contributed by atoms with E-state index in [1.807, 2.05) is 6.07 Å². The molecule has 4 nitrogen and oxygen atoms in total. The van der Waals surface area contributed by atoms with Crippen molar-refractivity contribution in [1.29, 1.82) is 0 Å². The molecule has 3 rings (SSSR count). The number of phenolic OH excluding ortho intramolecular Hbond substituents is 1. The quantitative estimate of drug-likeness (QED) is 0.863. The van der Waals surface area contributed by atoms with Gasteiger partial charge in [-0.15, -0.1) is 0 Å². The van der Waals surface area contributed by atoms with Gasteiger partial charge in [-0.25, -0.2) is 0 Å². The van der Waals surface area contributed by atoms with E-state index in [0.29, 0.717) is 12.0 Å². The Labute approximate surface area is 137 Å². The Hall–Kier alpha value is -2.33. The maximum atomic E-state index is 12.2. The fraction of sp³-hybridized carbons (Fsp3) is 0.316. The first kappa shape index (κ1) is 15.6. The molecule has 4 heteroatoms. The molecule has 0 unspecified atom stereocenters. The van der Waals surface area contributed by atoms with Crippen LogP contribution in [0.5, 0.6) is 5.75 Å². The highest BCUT2D eigenvalue weighted by molar-refractivity contribution is 5.96. The number of phenols is 1. The number of para-hydroxylation sites is 1. The van der Waals surface area contributed by atoms with Gasteiger partial charge in [-0.2, -0.15) is 0 Å². The summed E-state index contributed by atoms with van der Waals surface area (Å²) >= 11 is 0. The van der Waals surface area contributed by atoms with Crippen LogP contribution in [0.2, 0.25) is 0 Å². The largest absolute Gasteiger partial charge is 0.508 e. The zero-order valence-electron chi connectivity index (χ0n) is 13.2. The molecule has 0 saturated carbocycles. The lowest BCUT2D eigenvalue weighted by Crippen LogP contribution is -2.46. The van der Waals surface area contributed by atoms with Crippen LogP contribution in [-0.4, -0.2) is 48.5 Å². The van der Waals surface area contributed by atoms with E-state index >= 15 is 0 Å². The van der Waals surface area contributed by atoms with Crippen molar-refractivity contribution in [3.05, 3.63) is 60.2 Å². The fourth-order valence-electron chi connectivity index (χ4n) is 2.95. The molecule has 0 bridgehead atoms. The van der Waals surface area contributed by atoms with Crippen LogP contribution >= 0.6 is 0 Å². The van der Waals surface area contributed by atoms with Gasteiger partial charge in [-0.3, -0.25) is 9.69 Å². The van der Waals surface area contributed by atoms with E-state index in [-0.39, 0.29) is 11.5 Å². The van der Waals surface area contributed by atoms with Gasteiger partial charge in [0.1, 0.15) is 5.75 Å². The Morgan fingerprint density at radius 3 is 2.39 bits per heavy atom. The van der Waals surface area contributed by atoms with Gasteiger partial charge in [-0.05, 0) is 24.3 Å². The number of nitrogens with zero attached hydrogens (tertiary/aromatic N) is 2. The molecule has 1 fully saturated rings. The molecular weight excluding hydrogens is 288 g/mol. The molecule has 0 amide bonds. The van der Waals surface area contributed by atoms with E-state index < -0.39 is 0 Å². The maximum absolute atomic E-state index is 12.2. The summed E-state index contributed by atoms with van der Waals surface area (Å²) in [6.07, 6.45) is 0.495. The third-order valence-corrected chi connectivity index (χ3v) is 4.32. The molecule has 0 spiro atoms. The number of ketones is 1. The zero-order chi connectivity index (χ0) is 16.1. The summed E-state index contributed by atoms with van der Waals surface area (Å²) < 4.78 is 0. The molecule has 1 heterocycles. The molecule has 120 valence electrons. The van der Waals surface area contributed by atoms with Gasteiger partial charge in [0.15, 0.2) is 5.78 Å². The Balaban J connectivity index is 1.47. The molecule has 1 saturated heterocycles. The lowest BCUT2D eigenvalue weighted by atomic mass is 10.1. The maximum Gasteiger partial charge on any atom is 0.164 e. The van der Waals surface area contributed by atoms with Crippen molar-refractivity contribution in [2.75, 3.05) is 37.6 Å². The third kappa shape index (κ3) is 4.11. The van der Waals surface area contributed by atoms with E-state index in [0.717, 1.165) is 32.7 Å². The minimum atomic E-state index is 0.0892. The SMILES string of the molecule is O=C(CCN1CCN(c2ccccc2)CC1)c1cccc(O)c1. The lowest BCUT2D eigenvalue weighted by Gasteiger charge is -2.36. The van der Waals surface area contributed by atoms with E-state index in [9.17, 15) is 9.90 Å². The highest BCUT2D eigenvalue weighted by Crippen LogP contribution is 2.16. The molecule has 2 aromatic carbocycles. The number of Topliss-reactive ketones (excluding diaryl/α,β-unsaturated/α-hetero) is 1. The lowest BCUT2D eigenvalue weighted by molar-refractivity contribution is 0.0962. The van der Waals surface area contributed by atoms with E-state index in [1.165, 1.54) is 11.8 Å². The van der Waals surface area contributed by atoms with Crippen molar-refractivity contribution in [1.82, 2.24) is 4.90 Å². The Morgan fingerprint density at radius 1 is 0.957 bits per heavy atom. The summed E-state index contributed by atoms with van der Waals surface area (Å²) in [5.74, 6) is 0.235. The van der Waals surface area contributed by atoms with Crippen LogP contribution in [0.4, 0.5) is 5.69 Å². The number of benzene rings is 2. The Bertz CT molecular complexity index is 649. The highest BCUT2D eigenvalue weighted by atomic mass is 16.3. The average molecular weight is 310 g/mol. The van der Waals surface area contributed by atoms with Crippen molar-refractivity contribution >= 4 is 11.5 Å². The van der Waals surface area contributed by atoms with Crippen LogP contribution < -0.4 is 4.90 Å². The van der Waals surface area contributed by atoms with Crippen LogP contribution in [0.25, 0.3) is 0 Å². The number of rotatable bonds is 5. The van der Waals surface area contributed by atoms with Crippen molar-refractivity contribution in [3.8, 4) is 5.75 Å². The minimum Gasteiger partial charge on any atom is -0.508 e. The van der Waals surface area contributed by atoms with Crippen LogP contribution in [0.1, 0.15) is 16.8 Å². The second kappa shape index (κ2) is 7.29. The average Bonchev–Trinajstić information content (AvgIpc) is 2.61. The van der Waals surface area contributed by atoms with Gasteiger partial charge in [-0.1, -0.05) is 30.3 Å².